The maximum atomic E-state index is 11.5. The van der Waals surface area contributed by atoms with Gasteiger partial charge in [0.05, 0.1) is 6.54 Å². The first-order chi connectivity index (χ1) is 8.11. The lowest BCUT2D eigenvalue weighted by atomic mass is 10.1. The third-order valence-corrected chi connectivity index (χ3v) is 2.55. The number of cyclic esters (lactones) is 1. The molecule has 1 heterocycles. The number of amides is 1. The normalized spacial score (nSPS) is 19.0. The van der Waals surface area contributed by atoms with Crippen LogP contribution in [0, 0.1) is 0 Å². The average molecular weight is 233 g/mol. The van der Waals surface area contributed by atoms with E-state index in [2.05, 4.69) is 0 Å². The van der Waals surface area contributed by atoms with Crippen molar-refractivity contribution < 1.29 is 19.1 Å². The molecular formula is C12H11NO4. The molecule has 17 heavy (non-hydrogen) atoms. The Balaban J connectivity index is 2.28. The van der Waals surface area contributed by atoms with Gasteiger partial charge in [0.1, 0.15) is 0 Å². The number of anilines is 1. The molecule has 0 radical (unpaired) electrons. The minimum atomic E-state index is -0.733. The Hall–Kier alpha value is -2.17. The molecule has 1 saturated heterocycles. The number of hydrogen-bond acceptors (Lipinski definition) is 4. The molecule has 1 amide bonds. The third-order valence-electron chi connectivity index (χ3n) is 2.55. The highest BCUT2D eigenvalue weighted by molar-refractivity contribution is 5.97. The number of ether oxygens (including phenoxy) is 1. The summed E-state index contributed by atoms with van der Waals surface area (Å²) in [5.74, 6) is -0.0775. The number of benzene rings is 1. The summed E-state index contributed by atoms with van der Waals surface area (Å²) >= 11 is 0. The van der Waals surface area contributed by atoms with Crippen LogP contribution in [0.1, 0.15) is 17.3 Å². The van der Waals surface area contributed by atoms with Crippen molar-refractivity contribution in [1.82, 2.24) is 0 Å². The van der Waals surface area contributed by atoms with Crippen LogP contribution in [0.3, 0.4) is 0 Å². The van der Waals surface area contributed by atoms with Crippen LogP contribution in [0.4, 0.5) is 10.5 Å². The highest BCUT2D eigenvalue weighted by Crippen LogP contribution is 2.22. The van der Waals surface area contributed by atoms with Gasteiger partial charge in [0, 0.05) is 11.3 Å². The fourth-order valence-electron chi connectivity index (χ4n) is 1.66. The number of carbonyl (C=O) groups excluding carboxylic acids is 3. The van der Waals surface area contributed by atoms with Crippen LogP contribution in [-0.4, -0.2) is 30.8 Å². The maximum Gasteiger partial charge on any atom is 0.415 e. The Morgan fingerprint density at radius 1 is 1.53 bits per heavy atom. The number of rotatable bonds is 3. The van der Waals surface area contributed by atoms with E-state index in [0.29, 0.717) is 17.5 Å². The first kappa shape index (κ1) is 11.3. The molecule has 1 aromatic carbocycles. The Morgan fingerprint density at radius 3 is 2.88 bits per heavy atom. The zero-order valence-electron chi connectivity index (χ0n) is 9.25. The molecule has 1 fully saturated rings. The molecule has 1 atom stereocenters. The molecule has 1 aliphatic rings. The van der Waals surface area contributed by atoms with Gasteiger partial charge < -0.3 is 4.74 Å². The second kappa shape index (κ2) is 4.37. The SMILES string of the molecule is CC(=O)c1cccc(N2CC(C=O)OC2=O)c1. The van der Waals surface area contributed by atoms with Gasteiger partial charge in [-0.2, -0.15) is 0 Å². The molecule has 0 saturated carbocycles. The lowest BCUT2D eigenvalue weighted by Crippen LogP contribution is -2.24. The second-order valence-corrected chi connectivity index (χ2v) is 3.78. The number of carbonyl (C=O) groups is 3. The first-order valence-corrected chi connectivity index (χ1v) is 5.16. The number of hydrogen-bond donors (Lipinski definition) is 0. The smallest absolute Gasteiger partial charge is 0.415 e. The average Bonchev–Trinajstić information content (AvgIpc) is 2.71. The number of ketones is 1. The van der Waals surface area contributed by atoms with Gasteiger partial charge in [-0.25, -0.2) is 4.79 Å². The summed E-state index contributed by atoms with van der Waals surface area (Å²) in [6, 6.07) is 6.66. The summed E-state index contributed by atoms with van der Waals surface area (Å²) in [4.78, 5) is 34.6. The molecule has 5 nitrogen and oxygen atoms in total. The highest BCUT2D eigenvalue weighted by atomic mass is 16.6. The largest absolute Gasteiger partial charge is 0.436 e. The second-order valence-electron chi connectivity index (χ2n) is 3.78. The number of nitrogens with zero attached hydrogens (tertiary/aromatic N) is 1. The van der Waals surface area contributed by atoms with Crippen molar-refractivity contribution in [2.75, 3.05) is 11.4 Å². The molecule has 0 N–H and O–H groups in total. The Bertz CT molecular complexity index is 483. The van der Waals surface area contributed by atoms with Gasteiger partial charge in [0.2, 0.25) is 0 Å². The molecule has 1 aliphatic heterocycles. The maximum absolute atomic E-state index is 11.5. The van der Waals surface area contributed by atoms with Crippen LogP contribution >= 0.6 is 0 Å². The fraction of sp³-hybridized carbons (Fsp3) is 0.250. The van der Waals surface area contributed by atoms with Crippen molar-refractivity contribution in [1.29, 1.82) is 0 Å². The van der Waals surface area contributed by atoms with Gasteiger partial charge in [0.25, 0.3) is 0 Å². The summed E-state index contributed by atoms with van der Waals surface area (Å²) < 4.78 is 4.81. The van der Waals surface area contributed by atoms with E-state index in [4.69, 9.17) is 4.74 Å². The van der Waals surface area contributed by atoms with Gasteiger partial charge in [-0.3, -0.25) is 14.5 Å². The van der Waals surface area contributed by atoms with E-state index in [9.17, 15) is 14.4 Å². The molecule has 1 aromatic rings. The fourth-order valence-corrected chi connectivity index (χ4v) is 1.66. The van der Waals surface area contributed by atoms with Gasteiger partial charge in [-0.1, -0.05) is 12.1 Å². The van der Waals surface area contributed by atoms with E-state index in [1.54, 1.807) is 24.3 Å². The summed E-state index contributed by atoms with van der Waals surface area (Å²) in [5.41, 5.74) is 1.08. The molecule has 5 heteroatoms. The van der Waals surface area contributed by atoms with E-state index in [-0.39, 0.29) is 12.3 Å². The van der Waals surface area contributed by atoms with Crippen LogP contribution < -0.4 is 4.90 Å². The summed E-state index contributed by atoms with van der Waals surface area (Å²) in [5, 5.41) is 0. The summed E-state index contributed by atoms with van der Waals surface area (Å²) in [7, 11) is 0. The molecular weight excluding hydrogens is 222 g/mol. The zero-order valence-corrected chi connectivity index (χ0v) is 9.25. The van der Waals surface area contributed by atoms with E-state index >= 15 is 0 Å². The predicted molar refractivity (Wildman–Crippen MR) is 60.1 cm³/mol. The van der Waals surface area contributed by atoms with Gasteiger partial charge in [-0.15, -0.1) is 0 Å². The van der Waals surface area contributed by atoms with E-state index in [1.807, 2.05) is 0 Å². The van der Waals surface area contributed by atoms with E-state index in [0.717, 1.165) is 0 Å². The lowest BCUT2D eigenvalue weighted by Gasteiger charge is -2.13. The topological polar surface area (TPSA) is 63.7 Å². The molecule has 88 valence electrons. The van der Waals surface area contributed by atoms with Crippen molar-refractivity contribution in [2.45, 2.75) is 13.0 Å². The quantitative estimate of drug-likeness (QED) is 0.585. The molecule has 0 bridgehead atoms. The molecule has 1 unspecified atom stereocenters. The minimum absolute atomic E-state index is 0.0775. The Kier molecular flexibility index (Phi) is 2.91. The first-order valence-electron chi connectivity index (χ1n) is 5.16. The summed E-state index contributed by atoms with van der Waals surface area (Å²) in [6.07, 6.45) is -0.710. The van der Waals surface area contributed by atoms with Crippen LogP contribution in [0.2, 0.25) is 0 Å². The Morgan fingerprint density at radius 2 is 2.29 bits per heavy atom. The van der Waals surface area contributed by atoms with Gasteiger partial charge >= 0.3 is 6.09 Å². The lowest BCUT2D eigenvalue weighted by molar-refractivity contribution is -0.113. The van der Waals surface area contributed by atoms with Crippen molar-refractivity contribution >= 4 is 23.9 Å². The minimum Gasteiger partial charge on any atom is -0.436 e. The zero-order chi connectivity index (χ0) is 12.4. The van der Waals surface area contributed by atoms with Crippen molar-refractivity contribution in [3.63, 3.8) is 0 Å². The number of aldehydes is 1. The third kappa shape index (κ3) is 2.18. The van der Waals surface area contributed by atoms with Gasteiger partial charge in [-0.05, 0) is 19.1 Å². The molecule has 0 aromatic heterocycles. The highest BCUT2D eigenvalue weighted by Gasteiger charge is 2.32. The Labute approximate surface area is 98.0 Å². The van der Waals surface area contributed by atoms with Crippen LogP contribution in [0.25, 0.3) is 0 Å². The van der Waals surface area contributed by atoms with E-state index in [1.165, 1.54) is 11.8 Å². The molecule has 0 aliphatic carbocycles. The van der Waals surface area contributed by atoms with Crippen LogP contribution in [0.5, 0.6) is 0 Å². The number of Topliss-reactive ketones (excluding diaryl/α,β-unsaturated/α-hetero) is 1. The summed E-state index contributed by atoms with van der Waals surface area (Å²) in [6.45, 7) is 1.64. The van der Waals surface area contributed by atoms with Crippen LogP contribution in [-0.2, 0) is 9.53 Å². The monoisotopic (exact) mass is 233 g/mol. The van der Waals surface area contributed by atoms with Crippen LogP contribution in [0.15, 0.2) is 24.3 Å². The van der Waals surface area contributed by atoms with Gasteiger partial charge in [0.15, 0.2) is 18.2 Å². The van der Waals surface area contributed by atoms with Crippen molar-refractivity contribution in [3.8, 4) is 0 Å². The standard InChI is InChI=1S/C12H11NO4/c1-8(15)9-3-2-4-10(5-9)13-6-11(7-14)17-12(13)16/h2-5,7,11H,6H2,1H3. The molecule has 0 spiro atoms. The van der Waals surface area contributed by atoms with Crippen molar-refractivity contribution in [3.05, 3.63) is 29.8 Å². The van der Waals surface area contributed by atoms with E-state index < -0.39 is 12.2 Å². The van der Waals surface area contributed by atoms with Crippen molar-refractivity contribution in [2.24, 2.45) is 0 Å². The predicted octanol–water partition coefficient (Wildman–Crippen LogP) is 1.41. The molecule has 2 rings (SSSR count).